The minimum Gasteiger partial charge on any atom is -0.477 e. The van der Waals surface area contributed by atoms with Crippen molar-refractivity contribution in [3.05, 3.63) is 29.6 Å². The molecule has 100 valence electrons. The summed E-state index contributed by atoms with van der Waals surface area (Å²) in [7, 11) is 2.02. The van der Waals surface area contributed by atoms with Crippen LogP contribution in [0.1, 0.15) is 43.2 Å². The number of pyridine rings is 1. The fourth-order valence-electron chi connectivity index (χ4n) is 2.05. The molecule has 0 amide bonds. The van der Waals surface area contributed by atoms with Crippen molar-refractivity contribution in [2.24, 2.45) is 5.92 Å². The number of aromatic nitrogens is 1. The van der Waals surface area contributed by atoms with Gasteiger partial charge in [0.1, 0.15) is 0 Å². The first kappa shape index (κ1) is 14.6. The van der Waals surface area contributed by atoms with Gasteiger partial charge in [-0.1, -0.05) is 19.9 Å². The van der Waals surface area contributed by atoms with E-state index in [0.29, 0.717) is 18.5 Å². The topological polar surface area (TPSA) is 53.4 Å². The molecule has 1 N–H and O–H groups in total. The zero-order valence-electron chi connectivity index (χ0n) is 11.6. The zero-order chi connectivity index (χ0) is 13.7. The summed E-state index contributed by atoms with van der Waals surface area (Å²) in [5.74, 6) is -0.328. The molecule has 0 saturated carbocycles. The maximum atomic E-state index is 11.1. The Morgan fingerprint density at radius 2 is 2.11 bits per heavy atom. The van der Waals surface area contributed by atoms with E-state index in [1.54, 1.807) is 6.07 Å². The van der Waals surface area contributed by atoms with Gasteiger partial charge in [-0.25, -0.2) is 9.78 Å². The van der Waals surface area contributed by atoms with Crippen LogP contribution in [0.2, 0.25) is 0 Å². The Bertz CT molecular complexity index is 405. The van der Waals surface area contributed by atoms with E-state index in [0.717, 1.165) is 12.0 Å². The van der Waals surface area contributed by atoms with E-state index in [4.69, 9.17) is 5.11 Å². The largest absolute Gasteiger partial charge is 0.477 e. The molecule has 0 aliphatic carbocycles. The molecular formula is C14H22N2O2. The molecule has 0 spiro atoms. The average Bonchev–Trinajstić information content (AvgIpc) is 2.28. The fourth-order valence-corrected chi connectivity index (χ4v) is 2.05. The molecule has 4 nitrogen and oxygen atoms in total. The van der Waals surface area contributed by atoms with E-state index in [2.05, 4.69) is 30.7 Å². The summed E-state index contributed by atoms with van der Waals surface area (Å²) in [6.45, 7) is 7.16. The van der Waals surface area contributed by atoms with Crippen LogP contribution in [0.25, 0.3) is 0 Å². The molecule has 0 aliphatic heterocycles. The molecule has 1 unspecified atom stereocenters. The van der Waals surface area contributed by atoms with Crippen molar-refractivity contribution in [3.8, 4) is 0 Å². The quantitative estimate of drug-likeness (QED) is 0.843. The first-order chi connectivity index (χ1) is 8.41. The van der Waals surface area contributed by atoms with Crippen molar-refractivity contribution in [3.63, 3.8) is 0 Å². The molecule has 1 aromatic rings. The SMILES string of the molecule is CC(C)CC(C)N(C)Cc1cccnc1C(=O)O. The van der Waals surface area contributed by atoms with Gasteiger partial charge in [0.2, 0.25) is 0 Å². The minimum absolute atomic E-state index is 0.154. The number of hydrogen-bond donors (Lipinski definition) is 1. The van der Waals surface area contributed by atoms with Crippen molar-refractivity contribution >= 4 is 5.97 Å². The highest BCUT2D eigenvalue weighted by molar-refractivity contribution is 5.86. The summed E-state index contributed by atoms with van der Waals surface area (Å²) < 4.78 is 0. The summed E-state index contributed by atoms with van der Waals surface area (Å²) in [5.41, 5.74) is 0.921. The third kappa shape index (κ3) is 4.11. The van der Waals surface area contributed by atoms with Gasteiger partial charge in [-0.3, -0.25) is 4.90 Å². The Kier molecular flexibility index (Phi) is 5.28. The molecule has 18 heavy (non-hydrogen) atoms. The highest BCUT2D eigenvalue weighted by Gasteiger charge is 2.16. The standard InChI is InChI=1S/C14H22N2O2/c1-10(2)8-11(3)16(4)9-12-6-5-7-15-13(12)14(17)18/h5-7,10-11H,8-9H2,1-4H3,(H,17,18). The lowest BCUT2D eigenvalue weighted by atomic mass is 10.0. The van der Waals surface area contributed by atoms with Crippen molar-refractivity contribution < 1.29 is 9.90 Å². The van der Waals surface area contributed by atoms with Gasteiger partial charge in [0.25, 0.3) is 0 Å². The van der Waals surface area contributed by atoms with Gasteiger partial charge < -0.3 is 5.11 Å². The molecule has 1 aromatic heterocycles. The van der Waals surface area contributed by atoms with E-state index in [9.17, 15) is 4.79 Å². The van der Waals surface area contributed by atoms with Gasteiger partial charge in [0, 0.05) is 18.8 Å². The van der Waals surface area contributed by atoms with Gasteiger partial charge in [0.15, 0.2) is 5.69 Å². The predicted octanol–water partition coefficient (Wildman–Crippen LogP) is 2.65. The second kappa shape index (κ2) is 6.50. The highest BCUT2D eigenvalue weighted by atomic mass is 16.4. The molecule has 0 aromatic carbocycles. The van der Waals surface area contributed by atoms with E-state index in [1.807, 2.05) is 13.1 Å². The Balaban J connectivity index is 2.75. The van der Waals surface area contributed by atoms with Gasteiger partial charge in [-0.15, -0.1) is 0 Å². The van der Waals surface area contributed by atoms with E-state index < -0.39 is 5.97 Å². The fraction of sp³-hybridized carbons (Fsp3) is 0.571. The van der Waals surface area contributed by atoms with Crippen LogP contribution in [0.4, 0.5) is 0 Å². The van der Waals surface area contributed by atoms with Crippen LogP contribution in [0.5, 0.6) is 0 Å². The van der Waals surface area contributed by atoms with Crippen LogP contribution in [-0.4, -0.2) is 34.0 Å². The molecular weight excluding hydrogens is 228 g/mol. The van der Waals surface area contributed by atoms with Gasteiger partial charge in [-0.2, -0.15) is 0 Å². The molecule has 0 fully saturated rings. The second-order valence-corrected chi connectivity index (χ2v) is 5.21. The molecule has 0 bridgehead atoms. The summed E-state index contributed by atoms with van der Waals surface area (Å²) in [4.78, 5) is 17.2. The van der Waals surface area contributed by atoms with Gasteiger partial charge >= 0.3 is 5.97 Å². The molecule has 0 radical (unpaired) electrons. The molecule has 1 atom stereocenters. The zero-order valence-corrected chi connectivity index (χ0v) is 11.6. The minimum atomic E-state index is -0.962. The van der Waals surface area contributed by atoms with Crippen LogP contribution in [0, 0.1) is 5.92 Å². The maximum Gasteiger partial charge on any atom is 0.354 e. The number of carbonyl (C=O) groups is 1. The normalized spacial score (nSPS) is 13.0. The van der Waals surface area contributed by atoms with Crippen molar-refractivity contribution in [1.29, 1.82) is 0 Å². The van der Waals surface area contributed by atoms with E-state index >= 15 is 0 Å². The lowest BCUT2D eigenvalue weighted by Crippen LogP contribution is -2.30. The van der Waals surface area contributed by atoms with Gasteiger partial charge in [0.05, 0.1) is 0 Å². The number of nitrogens with zero attached hydrogens (tertiary/aromatic N) is 2. The summed E-state index contributed by atoms with van der Waals surface area (Å²) in [6, 6.07) is 4.03. The predicted molar refractivity (Wildman–Crippen MR) is 71.6 cm³/mol. The second-order valence-electron chi connectivity index (χ2n) is 5.21. The Labute approximate surface area is 109 Å². The van der Waals surface area contributed by atoms with Crippen LogP contribution in [0.15, 0.2) is 18.3 Å². The first-order valence-corrected chi connectivity index (χ1v) is 6.29. The van der Waals surface area contributed by atoms with Crippen molar-refractivity contribution in [2.75, 3.05) is 7.05 Å². The molecule has 0 saturated heterocycles. The molecule has 0 aliphatic rings. The first-order valence-electron chi connectivity index (χ1n) is 6.29. The van der Waals surface area contributed by atoms with Crippen LogP contribution >= 0.6 is 0 Å². The molecule has 4 heteroatoms. The number of carboxylic acid groups (broad SMARTS) is 1. The Morgan fingerprint density at radius 3 is 2.67 bits per heavy atom. The third-order valence-electron chi connectivity index (χ3n) is 3.08. The van der Waals surface area contributed by atoms with Crippen molar-refractivity contribution in [1.82, 2.24) is 9.88 Å². The smallest absolute Gasteiger partial charge is 0.354 e. The number of aromatic carboxylic acids is 1. The van der Waals surface area contributed by atoms with Gasteiger partial charge in [-0.05, 0) is 37.9 Å². The highest BCUT2D eigenvalue weighted by Crippen LogP contribution is 2.14. The molecule has 1 rings (SSSR count). The lowest BCUT2D eigenvalue weighted by Gasteiger charge is -2.26. The average molecular weight is 250 g/mol. The number of rotatable bonds is 6. The summed E-state index contributed by atoms with van der Waals surface area (Å²) in [5, 5.41) is 9.08. The number of carboxylic acids is 1. The summed E-state index contributed by atoms with van der Waals surface area (Å²) >= 11 is 0. The molecule has 1 heterocycles. The van der Waals surface area contributed by atoms with Crippen LogP contribution in [-0.2, 0) is 6.54 Å². The van der Waals surface area contributed by atoms with E-state index in [-0.39, 0.29) is 5.69 Å². The van der Waals surface area contributed by atoms with E-state index in [1.165, 1.54) is 6.20 Å². The maximum absolute atomic E-state index is 11.1. The summed E-state index contributed by atoms with van der Waals surface area (Å²) in [6.07, 6.45) is 2.61. The monoisotopic (exact) mass is 250 g/mol. The number of hydrogen-bond acceptors (Lipinski definition) is 3. The van der Waals surface area contributed by atoms with Crippen LogP contribution in [0.3, 0.4) is 0 Å². The van der Waals surface area contributed by atoms with Crippen molar-refractivity contribution in [2.45, 2.75) is 39.8 Å². The Hall–Kier alpha value is -1.42. The van der Waals surface area contributed by atoms with Crippen LogP contribution < -0.4 is 0 Å². The Morgan fingerprint density at radius 1 is 1.44 bits per heavy atom. The lowest BCUT2D eigenvalue weighted by molar-refractivity contribution is 0.0687. The third-order valence-corrected chi connectivity index (χ3v) is 3.08.